The van der Waals surface area contributed by atoms with Gasteiger partial charge < -0.3 is 15.5 Å². The minimum atomic E-state index is -5.08. The first-order valence-corrected chi connectivity index (χ1v) is 10.2. The van der Waals surface area contributed by atoms with Crippen LogP contribution in [-0.2, 0) is 5.41 Å². The predicted octanol–water partition coefficient (Wildman–Crippen LogP) is 5.36. The van der Waals surface area contributed by atoms with Crippen molar-refractivity contribution in [1.29, 1.82) is 0 Å². The summed E-state index contributed by atoms with van der Waals surface area (Å²) in [5, 5.41) is 24.4. The van der Waals surface area contributed by atoms with Crippen LogP contribution in [0.25, 0.3) is 10.9 Å². The molecule has 3 aromatic rings. The smallest absolute Gasteiger partial charge is 0.419 e. The second kappa shape index (κ2) is 7.24. The van der Waals surface area contributed by atoms with Gasteiger partial charge in [-0.15, -0.1) is 0 Å². The Hall–Kier alpha value is -3.01. The number of halogens is 5. The first kappa shape index (κ1) is 23.2. The zero-order valence-corrected chi connectivity index (χ0v) is 18.3. The lowest BCUT2D eigenvalue weighted by Gasteiger charge is -2.49. The second-order valence-corrected chi connectivity index (χ2v) is 9.15. The summed E-state index contributed by atoms with van der Waals surface area (Å²) < 4.78 is 71.8. The fourth-order valence-electron chi connectivity index (χ4n) is 4.78. The Morgan fingerprint density at radius 2 is 1.82 bits per heavy atom. The zero-order chi connectivity index (χ0) is 24.5. The van der Waals surface area contributed by atoms with E-state index in [2.05, 4.69) is 15.3 Å². The molecule has 5 nitrogen and oxygen atoms in total. The number of anilines is 1. The molecule has 1 aliphatic rings. The summed E-state index contributed by atoms with van der Waals surface area (Å²) in [7, 11) is 0. The number of rotatable bonds is 2. The van der Waals surface area contributed by atoms with Gasteiger partial charge in [0.25, 0.3) is 0 Å². The van der Waals surface area contributed by atoms with Gasteiger partial charge >= 0.3 is 6.18 Å². The van der Waals surface area contributed by atoms with E-state index in [9.17, 15) is 32.2 Å². The van der Waals surface area contributed by atoms with Crippen molar-refractivity contribution < 1.29 is 32.2 Å². The normalized spacial score (nSPS) is 22.3. The zero-order valence-electron chi connectivity index (χ0n) is 18.3. The number of fused-ring (bicyclic) bond motifs is 2. The summed E-state index contributed by atoms with van der Waals surface area (Å²) in [6, 6.07) is 1.63. The number of aromatic nitrogens is 2. The molecule has 0 amide bonds. The molecule has 0 spiro atoms. The lowest BCUT2D eigenvalue weighted by atomic mass is 9.63. The van der Waals surface area contributed by atoms with Crippen molar-refractivity contribution in [1.82, 2.24) is 9.97 Å². The van der Waals surface area contributed by atoms with Gasteiger partial charge in [0, 0.05) is 22.8 Å². The van der Waals surface area contributed by atoms with E-state index in [4.69, 9.17) is 0 Å². The van der Waals surface area contributed by atoms with Crippen molar-refractivity contribution in [3.63, 3.8) is 0 Å². The number of phenols is 1. The maximum atomic E-state index is 14.5. The number of benzene rings is 2. The topological polar surface area (TPSA) is 78.3 Å². The molecule has 4 rings (SSSR count). The van der Waals surface area contributed by atoms with E-state index in [1.165, 1.54) is 39.1 Å². The number of nitrogens with one attached hydrogen (secondary N) is 1. The molecule has 33 heavy (non-hydrogen) atoms. The van der Waals surface area contributed by atoms with Gasteiger partial charge in [-0.3, -0.25) is 0 Å². The average Bonchev–Trinajstić information content (AvgIpc) is 2.69. The molecule has 1 aromatic heterocycles. The molecular formula is C23H22F5N3O2. The summed E-state index contributed by atoms with van der Waals surface area (Å²) in [5.74, 6) is -2.11. The predicted molar refractivity (Wildman–Crippen MR) is 112 cm³/mol. The summed E-state index contributed by atoms with van der Waals surface area (Å²) in [6.45, 7) is 5.65. The standard InChI is InChI=1S/C23H22F5N3O2/c1-10-7-12-16(19(32)17(10)25)21(3,4)9-22(33,23(26,27)28)20(12)31-15-6-5-14(24)18-13(15)8-29-11(2)30-18/h5-8,20,31-33H,9H2,1-4H3. The van der Waals surface area contributed by atoms with Crippen LogP contribution in [0, 0.1) is 25.5 Å². The van der Waals surface area contributed by atoms with Gasteiger partial charge in [-0.2, -0.15) is 13.2 Å². The van der Waals surface area contributed by atoms with Crippen LogP contribution in [0.1, 0.15) is 48.8 Å². The minimum Gasteiger partial charge on any atom is -0.505 e. The fraction of sp³-hybridized carbons (Fsp3) is 0.391. The molecule has 0 saturated heterocycles. The number of phenolic OH excluding ortho intramolecular Hbond substituents is 1. The van der Waals surface area contributed by atoms with Crippen LogP contribution in [0.3, 0.4) is 0 Å². The third-order valence-corrected chi connectivity index (χ3v) is 6.24. The Bertz CT molecular complexity index is 1280. The molecule has 2 aromatic carbocycles. The molecule has 3 N–H and O–H groups in total. The summed E-state index contributed by atoms with van der Waals surface area (Å²) in [5.41, 5.74) is -4.97. The maximum absolute atomic E-state index is 14.5. The first-order valence-electron chi connectivity index (χ1n) is 10.2. The lowest BCUT2D eigenvalue weighted by molar-refractivity contribution is -0.276. The largest absolute Gasteiger partial charge is 0.505 e. The fourth-order valence-corrected chi connectivity index (χ4v) is 4.78. The molecule has 1 aliphatic carbocycles. The highest BCUT2D eigenvalue weighted by atomic mass is 19.4. The number of hydrogen-bond donors (Lipinski definition) is 3. The van der Waals surface area contributed by atoms with E-state index < -0.39 is 47.0 Å². The second-order valence-electron chi connectivity index (χ2n) is 9.15. The molecule has 0 radical (unpaired) electrons. The van der Waals surface area contributed by atoms with E-state index in [1.807, 2.05) is 0 Å². The lowest BCUT2D eigenvalue weighted by Crippen LogP contribution is -2.58. The van der Waals surface area contributed by atoms with Crippen LogP contribution in [-0.4, -0.2) is 32.0 Å². The van der Waals surface area contributed by atoms with Gasteiger partial charge in [0.15, 0.2) is 17.2 Å². The monoisotopic (exact) mass is 467 g/mol. The van der Waals surface area contributed by atoms with E-state index in [0.29, 0.717) is 0 Å². The molecule has 176 valence electrons. The van der Waals surface area contributed by atoms with Gasteiger partial charge in [-0.25, -0.2) is 18.7 Å². The van der Waals surface area contributed by atoms with E-state index in [0.717, 1.165) is 6.07 Å². The van der Waals surface area contributed by atoms with E-state index in [-0.39, 0.29) is 39.1 Å². The van der Waals surface area contributed by atoms with Gasteiger partial charge in [0.2, 0.25) is 0 Å². The highest BCUT2D eigenvalue weighted by Crippen LogP contribution is 2.57. The molecular weight excluding hydrogens is 445 g/mol. The Balaban J connectivity index is 2.00. The molecule has 0 fully saturated rings. The molecule has 0 saturated carbocycles. The number of aromatic hydroxyl groups is 1. The molecule has 0 bridgehead atoms. The van der Waals surface area contributed by atoms with Crippen LogP contribution in [0.5, 0.6) is 5.75 Å². The van der Waals surface area contributed by atoms with Gasteiger partial charge in [0.05, 0.1) is 6.04 Å². The van der Waals surface area contributed by atoms with E-state index >= 15 is 0 Å². The van der Waals surface area contributed by atoms with Crippen molar-refractivity contribution >= 4 is 16.6 Å². The number of aryl methyl sites for hydroxylation is 2. The Kier molecular flexibility index (Phi) is 5.08. The Morgan fingerprint density at radius 3 is 2.45 bits per heavy atom. The van der Waals surface area contributed by atoms with Crippen molar-refractivity contribution in [2.24, 2.45) is 0 Å². The number of alkyl halides is 3. The number of aliphatic hydroxyl groups is 1. The SMILES string of the molecule is Cc1ncc2c(NC3c4cc(C)c(F)c(O)c4C(C)(C)CC3(O)C(F)(F)F)ccc(F)c2n1. The van der Waals surface area contributed by atoms with Crippen molar-refractivity contribution in [3.8, 4) is 5.75 Å². The summed E-state index contributed by atoms with van der Waals surface area (Å²) >= 11 is 0. The van der Waals surface area contributed by atoms with Crippen LogP contribution in [0.2, 0.25) is 0 Å². The van der Waals surface area contributed by atoms with Crippen LogP contribution >= 0.6 is 0 Å². The van der Waals surface area contributed by atoms with Gasteiger partial charge in [-0.05, 0) is 48.9 Å². The highest BCUT2D eigenvalue weighted by Gasteiger charge is 2.64. The highest BCUT2D eigenvalue weighted by molar-refractivity contribution is 5.91. The quantitative estimate of drug-likeness (QED) is 0.443. The average molecular weight is 467 g/mol. The molecule has 2 unspecified atom stereocenters. The number of nitrogens with zero attached hydrogens (tertiary/aromatic N) is 2. The van der Waals surface area contributed by atoms with E-state index in [1.54, 1.807) is 6.92 Å². The first-order chi connectivity index (χ1) is 15.2. The third kappa shape index (κ3) is 3.47. The number of hydrogen-bond acceptors (Lipinski definition) is 5. The van der Waals surface area contributed by atoms with Gasteiger partial charge in [-0.1, -0.05) is 19.9 Å². The van der Waals surface area contributed by atoms with Crippen LogP contribution in [0.15, 0.2) is 24.4 Å². The molecule has 2 atom stereocenters. The summed E-state index contributed by atoms with van der Waals surface area (Å²) in [6.07, 6.45) is -4.66. The van der Waals surface area contributed by atoms with Crippen molar-refractivity contribution in [2.45, 2.75) is 57.3 Å². The molecule has 0 aliphatic heterocycles. The molecule has 1 heterocycles. The molecule has 10 heteroatoms. The van der Waals surface area contributed by atoms with Crippen molar-refractivity contribution in [3.05, 3.63) is 58.5 Å². The maximum Gasteiger partial charge on any atom is 0.419 e. The van der Waals surface area contributed by atoms with Crippen LogP contribution in [0.4, 0.5) is 27.6 Å². The van der Waals surface area contributed by atoms with Crippen molar-refractivity contribution in [2.75, 3.05) is 5.32 Å². The minimum absolute atomic E-state index is 0.0319. The third-order valence-electron chi connectivity index (χ3n) is 6.24. The van der Waals surface area contributed by atoms with Crippen LogP contribution < -0.4 is 5.32 Å². The Labute approximate surface area is 186 Å². The van der Waals surface area contributed by atoms with Gasteiger partial charge in [0.1, 0.15) is 17.2 Å². The Morgan fingerprint density at radius 1 is 1.15 bits per heavy atom. The summed E-state index contributed by atoms with van der Waals surface area (Å²) in [4.78, 5) is 8.02.